The van der Waals surface area contributed by atoms with E-state index in [4.69, 9.17) is 0 Å². The van der Waals surface area contributed by atoms with Crippen molar-refractivity contribution in [1.82, 2.24) is 13.9 Å². The highest BCUT2D eigenvalue weighted by atomic mass is 32.2. The van der Waals surface area contributed by atoms with Gasteiger partial charge in [0.05, 0.1) is 16.3 Å². The van der Waals surface area contributed by atoms with E-state index in [0.29, 0.717) is 0 Å². The van der Waals surface area contributed by atoms with Gasteiger partial charge in [0.1, 0.15) is 0 Å². The average molecular weight is 508 g/mol. The van der Waals surface area contributed by atoms with E-state index in [0.717, 1.165) is 47.5 Å². The number of aryl methyl sites for hydroxylation is 1. The predicted molar refractivity (Wildman–Crippen MR) is 131 cm³/mol. The lowest BCUT2D eigenvalue weighted by Crippen LogP contribution is -2.46. The summed E-state index contributed by atoms with van der Waals surface area (Å²) in [5.41, 5.74) is 1.68. The van der Waals surface area contributed by atoms with Crippen molar-refractivity contribution in [2.24, 2.45) is 0 Å². The van der Waals surface area contributed by atoms with Crippen molar-refractivity contribution in [1.29, 1.82) is 0 Å². The number of nitrogens with zero attached hydrogens (tertiary/aromatic N) is 2. The number of benzene rings is 2. The molecule has 0 spiro atoms. The molecular weight excluding hydrogens is 474 g/mol. The normalized spacial score (nSPS) is 15.6. The first-order valence-electron chi connectivity index (χ1n) is 11.4. The summed E-state index contributed by atoms with van der Waals surface area (Å²) in [6.07, 6.45) is 4.42. The molecule has 3 rings (SSSR count). The first-order valence-corrected chi connectivity index (χ1v) is 14.3. The minimum absolute atomic E-state index is 0.167. The van der Waals surface area contributed by atoms with Crippen LogP contribution in [0.2, 0.25) is 0 Å². The molecule has 0 radical (unpaired) electrons. The van der Waals surface area contributed by atoms with Crippen molar-refractivity contribution in [2.75, 3.05) is 20.6 Å². The summed E-state index contributed by atoms with van der Waals surface area (Å²) in [5, 5.41) is 2.78. The second-order valence-electron chi connectivity index (χ2n) is 8.86. The van der Waals surface area contributed by atoms with Gasteiger partial charge < -0.3 is 5.32 Å². The number of amides is 1. The fourth-order valence-electron chi connectivity index (χ4n) is 4.01. The van der Waals surface area contributed by atoms with Crippen LogP contribution in [0.4, 0.5) is 0 Å². The highest BCUT2D eigenvalue weighted by Gasteiger charge is 2.33. The molecule has 10 heteroatoms. The Kier molecular flexibility index (Phi) is 8.51. The monoisotopic (exact) mass is 507 g/mol. The highest BCUT2D eigenvalue weighted by Crippen LogP contribution is 2.28. The maximum absolute atomic E-state index is 13.4. The van der Waals surface area contributed by atoms with Crippen molar-refractivity contribution in [2.45, 2.75) is 61.4 Å². The Morgan fingerprint density at radius 2 is 1.38 bits per heavy atom. The Morgan fingerprint density at radius 3 is 1.94 bits per heavy atom. The van der Waals surface area contributed by atoms with Crippen LogP contribution in [0, 0.1) is 6.92 Å². The molecule has 0 heterocycles. The van der Waals surface area contributed by atoms with Gasteiger partial charge in [0.15, 0.2) is 0 Å². The van der Waals surface area contributed by atoms with Gasteiger partial charge in [-0.15, -0.1) is 0 Å². The van der Waals surface area contributed by atoms with Crippen molar-refractivity contribution in [3.63, 3.8) is 0 Å². The molecule has 1 saturated carbocycles. The maximum atomic E-state index is 13.4. The highest BCUT2D eigenvalue weighted by molar-refractivity contribution is 7.89. The zero-order valence-corrected chi connectivity index (χ0v) is 21.5. The summed E-state index contributed by atoms with van der Waals surface area (Å²) in [5.74, 6) is -0.397. The van der Waals surface area contributed by atoms with Crippen LogP contribution in [0.15, 0.2) is 58.3 Å². The standard InChI is InChI=1S/C24H33N3O5S2/c1-19-9-13-23(14-10-19)34(31,32)27(21-7-5-4-6-8-21)18-24(28)25-17-20-11-15-22(16-12-20)33(29,30)26(2)3/h9-16,21H,4-8,17-18H2,1-3H3,(H,25,28). The molecule has 0 atom stereocenters. The van der Waals surface area contributed by atoms with Crippen LogP contribution >= 0.6 is 0 Å². The second kappa shape index (κ2) is 11.0. The van der Waals surface area contributed by atoms with Gasteiger partial charge in [-0.25, -0.2) is 21.1 Å². The van der Waals surface area contributed by atoms with E-state index < -0.39 is 26.0 Å². The van der Waals surface area contributed by atoms with Crippen molar-refractivity contribution in [3.05, 3.63) is 59.7 Å². The minimum Gasteiger partial charge on any atom is -0.351 e. The van der Waals surface area contributed by atoms with E-state index in [-0.39, 0.29) is 28.9 Å². The molecule has 0 bridgehead atoms. The first-order chi connectivity index (χ1) is 16.0. The molecule has 2 aromatic carbocycles. The topological polar surface area (TPSA) is 104 Å². The zero-order chi connectivity index (χ0) is 24.9. The van der Waals surface area contributed by atoms with E-state index >= 15 is 0 Å². The number of rotatable bonds is 9. The van der Waals surface area contributed by atoms with Gasteiger partial charge in [-0.05, 0) is 49.6 Å². The van der Waals surface area contributed by atoms with E-state index in [2.05, 4.69) is 5.32 Å². The number of nitrogens with one attached hydrogen (secondary N) is 1. The number of hydrogen-bond donors (Lipinski definition) is 1. The largest absolute Gasteiger partial charge is 0.351 e. The van der Waals surface area contributed by atoms with E-state index in [1.54, 1.807) is 36.4 Å². The third kappa shape index (κ3) is 6.24. The Hall–Kier alpha value is -2.27. The summed E-state index contributed by atoms with van der Waals surface area (Å²) in [7, 11) is -4.42. The Morgan fingerprint density at radius 1 is 0.853 bits per heavy atom. The van der Waals surface area contributed by atoms with Gasteiger partial charge in [0.2, 0.25) is 26.0 Å². The number of hydrogen-bond acceptors (Lipinski definition) is 5. The van der Waals surface area contributed by atoms with Crippen LogP contribution < -0.4 is 5.32 Å². The fourth-order valence-corrected chi connectivity index (χ4v) is 6.56. The van der Waals surface area contributed by atoms with Crippen LogP contribution in [0.3, 0.4) is 0 Å². The lowest BCUT2D eigenvalue weighted by atomic mass is 9.95. The smallest absolute Gasteiger partial charge is 0.243 e. The summed E-state index contributed by atoms with van der Waals surface area (Å²) < 4.78 is 53.7. The molecule has 0 unspecified atom stereocenters. The summed E-state index contributed by atoms with van der Waals surface area (Å²) >= 11 is 0. The molecule has 0 aromatic heterocycles. The van der Waals surface area contributed by atoms with Crippen LogP contribution in [-0.4, -0.2) is 58.0 Å². The molecule has 186 valence electrons. The summed E-state index contributed by atoms with van der Waals surface area (Å²) in [6.45, 7) is 1.81. The molecule has 2 aromatic rings. The van der Waals surface area contributed by atoms with E-state index in [1.807, 2.05) is 6.92 Å². The number of carbonyl (C=O) groups excluding carboxylic acids is 1. The van der Waals surface area contributed by atoms with Crippen LogP contribution in [0.5, 0.6) is 0 Å². The van der Waals surface area contributed by atoms with E-state index in [9.17, 15) is 21.6 Å². The average Bonchev–Trinajstić information content (AvgIpc) is 2.82. The minimum atomic E-state index is -3.82. The van der Waals surface area contributed by atoms with Gasteiger partial charge in [0, 0.05) is 26.7 Å². The quantitative estimate of drug-likeness (QED) is 0.562. The van der Waals surface area contributed by atoms with Crippen molar-refractivity contribution < 1.29 is 21.6 Å². The molecule has 1 N–H and O–H groups in total. The summed E-state index contributed by atoms with van der Waals surface area (Å²) in [4.78, 5) is 13.2. The van der Waals surface area contributed by atoms with Gasteiger partial charge in [-0.3, -0.25) is 4.79 Å². The van der Waals surface area contributed by atoms with Gasteiger partial charge in [-0.2, -0.15) is 4.31 Å². The molecule has 8 nitrogen and oxygen atoms in total. The van der Waals surface area contributed by atoms with Gasteiger partial charge >= 0.3 is 0 Å². The molecule has 0 aliphatic heterocycles. The van der Waals surface area contributed by atoms with Crippen LogP contribution in [-0.2, 0) is 31.4 Å². The Balaban J connectivity index is 1.71. The van der Waals surface area contributed by atoms with Crippen LogP contribution in [0.25, 0.3) is 0 Å². The molecule has 1 aliphatic carbocycles. The third-order valence-corrected chi connectivity index (χ3v) is 9.84. The first kappa shape index (κ1) is 26.3. The molecular formula is C24H33N3O5S2. The lowest BCUT2D eigenvalue weighted by Gasteiger charge is -2.33. The van der Waals surface area contributed by atoms with E-state index in [1.165, 1.54) is 30.5 Å². The van der Waals surface area contributed by atoms with Crippen molar-refractivity contribution >= 4 is 26.0 Å². The van der Waals surface area contributed by atoms with Crippen molar-refractivity contribution in [3.8, 4) is 0 Å². The molecule has 1 fully saturated rings. The molecule has 1 amide bonds. The van der Waals surface area contributed by atoms with Gasteiger partial charge in [0.25, 0.3) is 0 Å². The molecule has 0 saturated heterocycles. The van der Waals surface area contributed by atoms with Gasteiger partial charge in [-0.1, -0.05) is 49.1 Å². The third-order valence-electron chi connectivity index (χ3n) is 6.10. The zero-order valence-electron chi connectivity index (χ0n) is 19.9. The predicted octanol–water partition coefficient (Wildman–Crippen LogP) is 2.89. The Labute approximate surface area is 203 Å². The fraction of sp³-hybridized carbons (Fsp3) is 0.458. The maximum Gasteiger partial charge on any atom is 0.243 e. The second-order valence-corrected chi connectivity index (χ2v) is 12.9. The lowest BCUT2D eigenvalue weighted by molar-refractivity contribution is -0.121. The summed E-state index contributed by atoms with van der Waals surface area (Å²) in [6, 6.07) is 12.7. The SMILES string of the molecule is Cc1ccc(S(=O)(=O)N(CC(=O)NCc2ccc(S(=O)(=O)N(C)C)cc2)C2CCCCC2)cc1. The molecule has 1 aliphatic rings. The Bertz CT molecular complexity index is 1190. The number of sulfonamides is 2. The number of carbonyl (C=O) groups is 1. The van der Waals surface area contributed by atoms with Crippen LogP contribution in [0.1, 0.15) is 43.2 Å². The molecule has 34 heavy (non-hydrogen) atoms.